The third kappa shape index (κ3) is 4.26. The summed E-state index contributed by atoms with van der Waals surface area (Å²) in [7, 11) is -3.65. The first kappa shape index (κ1) is 17.1. The molecule has 0 amide bonds. The standard InChI is InChI=1S/C14H23FN2O2S/c1-10-7-12(15)8-11(2)13(10)20(18,19)17-9-14(3,4)5-6-16/h7-8,17H,5-6,9,16H2,1-4H3. The predicted octanol–water partition coefficient (Wildman–Crippen LogP) is 2.10. The fraction of sp³-hybridized carbons (Fsp3) is 0.571. The van der Waals surface area contributed by atoms with Crippen LogP contribution in [0.15, 0.2) is 17.0 Å². The Balaban J connectivity index is 3.01. The molecule has 0 radical (unpaired) electrons. The summed E-state index contributed by atoms with van der Waals surface area (Å²) in [6, 6.07) is 2.46. The maximum Gasteiger partial charge on any atom is 0.241 e. The summed E-state index contributed by atoms with van der Waals surface area (Å²) < 4.78 is 40.6. The lowest BCUT2D eigenvalue weighted by Gasteiger charge is -2.24. The van der Waals surface area contributed by atoms with Crippen molar-refractivity contribution in [1.29, 1.82) is 0 Å². The first-order chi connectivity index (χ1) is 9.09. The van der Waals surface area contributed by atoms with Crippen LogP contribution in [0.5, 0.6) is 0 Å². The molecule has 0 aliphatic rings. The second kappa shape index (κ2) is 6.20. The molecule has 0 aromatic heterocycles. The monoisotopic (exact) mass is 302 g/mol. The van der Waals surface area contributed by atoms with Gasteiger partial charge in [0.15, 0.2) is 0 Å². The van der Waals surface area contributed by atoms with Crippen molar-refractivity contribution in [3.63, 3.8) is 0 Å². The van der Waals surface area contributed by atoms with E-state index in [4.69, 9.17) is 5.73 Å². The van der Waals surface area contributed by atoms with Crippen LogP contribution in [0.25, 0.3) is 0 Å². The summed E-state index contributed by atoms with van der Waals surface area (Å²) >= 11 is 0. The minimum Gasteiger partial charge on any atom is -0.330 e. The van der Waals surface area contributed by atoms with E-state index in [-0.39, 0.29) is 10.3 Å². The van der Waals surface area contributed by atoms with E-state index < -0.39 is 15.8 Å². The highest BCUT2D eigenvalue weighted by atomic mass is 32.2. The van der Waals surface area contributed by atoms with Gasteiger partial charge in [0, 0.05) is 6.54 Å². The van der Waals surface area contributed by atoms with Crippen LogP contribution < -0.4 is 10.5 Å². The van der Waals surface area contributed by atoms with Crippen LogP contribution in [0.4, 0.5) is 4.39 Å². The number of hydrogen-bond acceptors (Lipinski definition) is 3. The number of aryl methyl sites for hydroxylation is 2. The Kier molecular flexibility index (Phi) is 5.29. The van der Waals surface area contributed by atoms with E-state index in [2.05, 4.69) is 4.72 Å². The van der Waals surface area contributed by atoms with Gasteiger partial charge in [0.25, 0.3) is 0 Å². The molecule has 1 aromatic rings. The van der Waals surface area contributed by atoms with E-state index in [0.29, 0.717) is 24.2 Å². The quantitative estimate of drug-likeness (QED) is 0.845. The molecule has 0 fully saturated rings. The zero-order valence-electron chi connectivity index (χ0n) is 12.5. The van der Waals surface area contributed by atoms with Gasteiger partial charge in [0.2, 0.25) is 10.0 Å². The number of rotatable bonds is 6. The Morgan fingerprint density at radius 2 is 1.75 bits per heavy atom. The lowest BCUT2D eigenvalue weighted by atomic mass is 9.90. The maximum absolute atomic E-state index is 13.2. The minimum absolute atomic E-state index is 0.155. The van der Waals surface area contributed by atoms with E-state index in [9.17, 15) is 12.8 Å². The number of benzene rings is 1. The van der Waals surface area contributed by atoms with E-state index in [1.54, 1.807) is 13.8 Å². The summed E-state index contributed by atoms with van der Waals surface area (Å²) in [6.45, 7) is 7.89. The predicted molar refractivity (Wildman–Crippen MR) is 78.5 cm³/mol. The molecule has 1 aromatic carbocycles. The van der Waals surface area contributed by atoms with Gasteiger partial charge >= 0.3 is 0 Å². The topological polar surface area (TPSA) is 72.2 Å². The molecule has 3 N–H and O–H groups in total. The van der Waals surface area contributed by atoms with Gasteiger partial charge in [-0.3, -0.25) is 0 Å². The van der Waals surface area contributed by atoms with Gasteiger partial charge in [0.05, 0.1) is 4.90 Å². The minimum atomic E-state index is -3.65. The lowest BCUT2D eigenvalue weighted by molar-refractivity contribution is 0.340. The van der Waals surface area contributed by atoms with Crippen molar-refractivity contribution in [3.05, 3.63) is 29.1 Å². The second-order valence-corrected chi connectivity index (χ2v) is 7.60. The molecule has 114 valence electrons. The Morgan fingerprint density at radius 3 is 2.20 bits per heavy atom. The lowest BCUT2D eigenvalue weighted by Crippen LogP contribution is -2.35. The SMILES string of the molecule is Cc1cc(F)cc(C)c1S(=O)(=O)NCC(C)(C)CCN. The highest BCUT2D eigenvalue weighted by Gasteiger charge is 2.24. The molecular weight excluding hydrogens is 279 g/mol. The highest BCUT2D eigenvalue weighted by Crippen LogP contribution is 2.23. The van der Waals surface area contributed by atoms with Crippen molar-refractivity contribution in [3.8, 4) is 0 Å². The van der Waals surface area contributed by atoms with Crippen LogP contribution in [0.2, 0.25) is 0 Å². The molecule has 0 saturated carbocycles. The van der Waals surface area contributed by atoms with Crippen LogP contribution in [0.1, 0.15) is 31.4 Å². The molecule has 0 aliphatic heterocycles. The molecule has 6 heteroatoms. The van der Waals surface area contributed by atoms with Crippen LogP contribution >= 0.6 is 0 Å². The largest absolute Gasteiger partial charge is 0.330 e. The molecule has 0 unspecified atom stereocenters. The summed E-state index contributed by atoms with van der Waals surface area (Å²) in [5.41, 5.74) is 6.11. The Labute approximate surface area is 120 Å². The summed E-state index contributed by atoms with van der Waals surface area (Å²) in [5.74, 6) is -0.428. The Hall–Kier alpha value is -0.980. The molecular formula is C14H23FN2O2S. The normalized spacial score (nSPS) is 12.7. The van der Waals surface area contributed by atoms with E-state index in [1.165, 1.54) is 12.1 Å². The Morgan fingerprint density at radius 1 is 1.25 bits per heavy atom. The van der Waals surface area contributed by atoms with Gasteiger partial charge in [0.1, 0.15) is 5.82 Å². The van der Waals surface area contributed by atoms with Crippen molar-refractivity contribution >= 4 is 10.0 Å². The average molecular weight is 302 g/mol. The number of sulfonamides is 1. The van der Waals surface area contributed by atoms with Gasteiger partial charge in [-0.1, -0.05) is 13.8 Å². The van der Waals surface area contributed by atoms with Crippen LogP contribution in [0.3, 0.4) is 0 Å². The van der Waals surface area contributed by atoms with Crippen molar-refractivity contribution < 1.29 is 12.8 Å². The summed E-state index contributed by atoms with van der Waals surface area (Å²) in [4.78, 5) is 0.155. The zero-order chi connectivity index (χ0) is 15.6. The number of halogens is 1. The first-order valence-corrected chi connectivity index (χ1v) is 8.04. The third-order valence-electron chi connectivity index (χ3n) is 3.26. The second-order valence-electron chi connectivity index (χ2n) is 5.90. The van der Waals surface area contributed by atoms with Crippen molar-refractivity contribution in [2.75, 3.05) is 13.1 Å². The highest BCUT2D eigenvalue weighted by molar-refractivity contribution is 7.89. The van der Waals surface area contributed by atoms with Gasteiger partial charge in [-0.15, -0.1) is 0 Å². The maximum atomic E-state index is 13.2. The van der Waals surface area contributed by atoms with Crippen molar-refractivity contribution in [1.82, 2.24) is 4.72 Å². The van der Waals surface area contributed by atoms with Gasteiger partial charge in [-0.05, 0) is 55.5 Å². The van der Waals surface area contributed by atoms with Crippen LogP contribution in [-0.2, 0) is 10.0 Å². The summed E-state index contributed by atoms with van der Waals surface area (Å²) in [5, 5.41) is 0. The average Bonchev–Trinajstić information content (AvgIpc) is 2.24. The van der Waals surface area contributed by atoms with Crippen LogP contribution in [-0.4, -0.2) is 21.5 Å². The molecule has 0 bridgehead atoms. The Bertz CT molecular complexity index is 560. The molecule has 1 rings (SSSR count). The number of nitrogens with one attached hydrogen (secondary N) is 1. The molecule has 20 heavy (non-hydrogen) atoms. The summed E-state index contributed by atoms with van der Waals surface area (Å²) in [6.07, 6.45) is 0.719. The third-order valence-corrected chi connectivity index (χ3v) is 4.96. The fourth-order valence-electron chi connectivity index (χ4n) is 2.16. The van der Waals surface area contributed by atoms with Gasteiger partial charge in [-0.2, -0.15) is 0 Å². The smallest absolute Gasteiger partial charge is 0.241 e. The molecule has 0 heterocycles. The van der Waals surface area contributed by atoms with E-state index in [1.807, 2.05) is 13.8 Å². The molecule has 4 nitrogen and oxygen atoms in total. The van der Waals surface area contributed by atoms with E-state index in [0.717, 1.165) is 6.42 Å². The van der Waals surface area contributed by atoms with Gasteiger partial charge in [-0.25, -0.2) is 17.5 Å². The molecule has 0 saturated heterocycles. The van der Waals surface area contributed by atoms with Gasteiger partial charge < -0.3 is 5.73 Å². The van der Waals surface area contributed by atoms with E-state index >= 15 is 0 Å². The number of nitrogens with two attached hydrogens (primary N) is 1. The first-order valence-electron chi connectivity index (χ1n) is 6.55. The number of hydrogen-bond donors (Lipinski definition) is 2. The molecule has 0 spiro atoms. The molecule has 0 aliphatic carbocycles. The van der Waals surface area contributed by atoms with Crippen LogP contribution in [0, 0.1) is 25.1 Å². The van der Waals surface area contributed by atoms with Crippen molar-refractivity contribution in [2.45, 2.75) is 39.0 Å². The fourth-order valence-corrected chi connectivity index (χ4v) is 3.85. The molecule has 0 atom stereocenters. The zero-order valence-corrected chi connectivity index (χ0v) is 13.3. The van der Waals surface area contributed by atoms with Crippen molar-refractivity contribution in [2.24, 2.45) is 11.1 Å².